The average molecular weight is 292 g/mol. The number of carbonyl (C=O) groups excluding carboxylic acids is 2. The largest absolute Gasteiger partial charge is 0.393 e. The average Bonchev–Trinajstić information content (AvgIpc) is 2.93. The maximum atomic E-state index is 12.8. The van der Waals surface area contributed by atoms with E-state index >= 15 is 0 Å². The van der Waals surface area contributed by atoms with Gasteiger partial charge >= 0.3 is 0 Å². The number of hydrogen-bond donors (Lipinski definition) is 1. The minimum Gasteiger partial charge on any atom is -0.393 e. The van der Waals surface area contributed by atoms with Crippen LogP contribution in [0.15, 0.2) is 0 Å². The Balaban J connectivity index is 1.43. The number of carbonyl (C=O) groups is 2. The fourth-order valence-corrected chi connectivity index (χ4v) is 4.48. The van der Waals surface area contributed by atoms with Gasteiger partial charge in [-0.05, 0) is 44.4 Å². The predicted octanol–water partition coefficient (Wildman–Crippen LogP) is 0.617. The lowest BCUT2D eigenvalue weighted by atomic mass is 10.00. The summed E-state index contributed by atoms with van der Waals surface area (Å²) in [6.07, 6.45) is 5.43. The van der Waals surface area contributed by atoms with Crippen LogP contribution in [0.3, 0.4) is 0 Å². The molecule has 116 valence electrons. The first kappa shape index (κ1) is 13.6. The summed E-state index contributed by atoms with van der Waals surface area (Å²) in [4.78, 5) is 28.8. The highest BCUT2D eigenvalue weighted by atomic mass is 16.3. The summed E-state index contributed by atoms with van der Waals surface area (Å²) >= 11 is 0. The van der Waals surface area contributed by atoms with Crippen LogP contribution in [0.25, 0.3) is 0 Å². The van der Waals surface area contributed by atoms with Crippen molar-refractivity contribution in [3.8, 4) is 0 Å². The second-order valence-corrected chi connectivity index (χ2v) is 7.28. The van der Waals surface area contributed by atoms with Crippen molar-refractivity contribution in [3.63, 3.8) is 0 Å². The van der Waals surface area contributed by atoms with Crippen molar-refractivity contribution in [2.24, 2.45) is 17.8 Å². The number of fused-ring (bicyclic) bond motifs is 1. The molecule has 4 aliphatic rings. The third-order valence-corrected chi connectivity index (χ3v) is 5.88. The molecule has 2 heterocycles. The van der Waals surface area contributed by atoms with E-state index in [9.17, 15) is 14.7 Å². The van der Waals surface area contributed by atoms with E-state index in [1.54, 1.807) is 0 Å². The van der Waals surface area contributed by atoms with Gasteiger partial charge < -0.3 is 14.9 Å². The van der Waals surface area contributed by atoms with Gasteiger partial charge in [-0.25, -0.2) is 0 Å². The van der Waals surface area contributed by atoms with E-state index in [1.807, 2.05) is 9.80 Å². The molecule has 2 saturated heterocycles. The topological polar surface area (TPSA) is 60.9 Å². The maximum absolute atomic E-state index is 12.8. The van der Waals surface area contributed by atoms with Gasteiger partial charge in [0, 0.05) is 31.5 Å². The van der Waals surface area contributed by atoms with Crippen molar-refractivity contribution in [1.82, 2.24) is 9.80 Å². The lowest BCUT2D eigenvalue weighted by molar-refractivity contribution is -0.144. The SMILES string of the molecule is O=C(C1CCCN1C(=O)C1CC1)N1CC2CCC(O)C2C1. The monoisotopic (exact) mass is 292 g/mol. The molecule has 0 aromatic carbocycles. The van der Waals surface area contributed by atoms with Gasteiger partial charge in [0.25, 0.3) is 0 Å². The van der Waals surface area contributed by atoms with E-state index in [0.717, 1.165) is 51.6 Å². The highest BCUT2D eigenvalue weighted by Crippen LogP contribution is 2.39. The summed E-state index contributed by atoms with van der Waals surface area (Å²) in [5.41, 5.74) is 0. The first-order valence-electron chi connectivity index (χ1n) is 8.42. The van der Waals surface area contributed by atoms with Crippen LogP contribution >= 0.6 is 0 Å². The molecule has 4 atom stereocenters. The molecule has 2 amide bonds. The highest BCUT2D eigenvalue weighted by molar-refractivity contribution is 5.90. The van der Waals surface area contributed by atoms with E-state index < -0.39 is 0 Å². The van der Waals surface area contributed by atoms with Gasteiger partial charge in [-0.15, -0.1) is 0 Å². The second kappa shape index (κ2) is 4.97. The number of aliphatic hydroxyl groups is 1. The standard InChI is InChI=1S/C16H24N2O3/c19-14-6-5-11-8-17(9-12(11)14)16(21)13-2-1-7-18(13)15(20)10-3-4-10/h10-14,19H,1-9H2. The first-order valence-corrected chi connectivity index (χ1v) is 8.42. The molecule has 0 aromatic rings. The number of amides is 2. The van der Waals surface area contributed by atoms with Crippen LogP contribution in [0, 0.1) is 17.8 Å². The summed E-state index contributed by atoms with van der Waals surface area (Å²) in [6.45, 7) is 2.21. The Morgan fingerprint density at radius 3 is 2.48 bits per heavy atom. The fraction of sp³-hybridized carbons (Fsp3) is 0.875. The molecule has 4 unspecified atom stereocenters. The molecule has 5 nitrogen and oxygen atoms in total. The summed E-state index contributed by atoms with van der Waals surface area (Å²) in [7, 11) is 0. The Morgan fingerprint density at radius 1 is 0.952 bits per heavy atom. The van der Waals surface area contributed by atoms with Crippen molar-refractivity contribution >= 4 is 11.8 Å². The number of hydrogen-bond acceptors (Lipinski definition) is 3. The molecule has 0 bridgehead atoms. The minimum absolute atomic E-state index is 0.128. The van der Waals surface area contributed by atoms with Gasteiger partial charge in [-0.3, -0.25) is 9.59 Å². The zero-order valence-corrected chi connectivity index (χ0v) is 12.4. The lowest BCUT2D eigenvalue weighted by Crippen LogP contribution is -2.48. The first-order chi connectivity index (χ1) is 10.1. The third kappa shape index (κ3) is 2.26. The Hall–Kier alpha value is -1.10. The van der Waals surface area contributed by atoms with Crippen LogP contribution in [-0.2, 0) is 9.59 Å². The third-order valence-electron chi connectivity index (χ3n) is 5.88. The predicted molar refractivity (Wildman–Crippen MR) is 76.3 cm³/mol. The normalized spacial score (nSPS) is 38.9. The van der Waals surface area contributed by atoms with Crippen LogP contribution in [0.4, 0.5) is 0 Å². The van der Waals surface area contributed by atoms with Crippen LogP contribution in [0.5, 0.6) is 0 Å². The summed E-state index contributed by atoms with van der Waals surface area (Å²) in [5.74, 6) is 1.26. The molecule has 5 heteroatoms. The summed E-state index contributed by atoms with van der Waals surface area (Å²) < 4.78 is 0. The molecule has 0 spiro atoms. The zero-order valence-electron chi connectivity index (χ0n) is 12.4. The van der Waals surface area contributed by atoms with Gasteiger partial charge in [0.2, 0.25) is 11.8 Å². The van der Waals surface area contributed by atoms with Crippen molar-refractivity contribution in [2.75, 3.05) is 19.6 Å². The van der Waals surface area contributed by atoms with Crippen LogP contribution < -0.4 is 0 Å². The Labute approximate surface area is 125 Å². The van der Waals surface area contributed by atoms with Gasteiger partial charge in [-0.2, -0.15) is 0 Å². The fourth-order valence-electron chi connectivity index (χ4n) is 4.48. The highest BCUT2D eigenvalue weighted by Gasteiger charge is 2.47. The van der Waals surface area contributed by atoms with Crippen molar-refractivity contribution in [1.29, 1.82) is 0 Å². The molecular weight excluding hydrogens is 268 g/mol. The lowest BCUT2D eigenvalue weighted by Gasteiger charge is -2.28. The van der Waals surface area contributed by atoms with Gasteiger partial charge in [0.1, 0.15) is 6.04 Å². The van der Waals surface area contributed by atoms with E-state index in [0.29, 0.717) is 12.5 Å². The van der Waals surface area contributed by atoms with Gasteiger partial charge in [0.05, 0.1) is 6.10 Å². The Kier molecular flexibility index (Phi) is 3.21. The molecule has 4 fully saturated rings. The van der Waals surface area contributed by atoms with Crippen LogP contribution in [0.2, 0.25) is 0 Å². The number of rotatable bonds is 2. The maximum Gasteiger partial charge on any atom is 0.245 e. The quantitative estimate of drug-likeness (QED) is 0.811. The molecule has 21 heavy (non-hydrogen) atoms. The molecule has 4 rings (SSSR count). The molecule has 0 aromatic heterocycles. The minimum atomic E-state index is -0.236. The Bertz CT molecular complexity index is 462. The molecule has 0 radical (unpaired) electrons. The van der Waals surface area contributed by atoms with E-state index in [4.69, 9.17) is 0 Å². The van der Waals surface area contributed by atoms with Crippen molar-refractivity contribution in [2.45, 2.75) is 50.7 Å². The molecule has 2 aliphatic carbocycles. The Morgan fingerprint density at radius 2 is 1.76 bits per heavy atom. The molecule has 2 aliphatic heterocycles. The van der Waals surface area contributed by atoms with E-state index in [2.05, 4.69) is 0 Å². The van der Waals surface area contributed by atoms with Crippen molar-refractivity contribution in [3.05, 3.63) is 0 Å². The van der Waals surface area contributed by atoms with Crippen LogP contribution in [-0.4, -0.2) is 58.5 Å². The molecule has 2 saturated carbocycles. The van der Waals surface area contributed by atoms with Gasteiger partial charge in [-0.1, -0.05) is 0 Å². The molecule has 1 N–H and O–H groups in total. The zero-order chi connectivity index (χ0) is 14.6. The summed E-state index contributed by atoms with van der Waals surface area (Å²) in [6, 6.07) is -0.228. The number of aliphatic hydroxyl groups excluding tert-OH is 1. The number of likely N-dealkylation sites (tertiary alicyclic amines) is 2. The van der Waals surface area contributed by atoms with E-state index in [-0.39, 0.29) is 35.8 Å². The summed E-state index contributed by atoms with van der Waals surface area (Å²) in [5, 5.41) is 9.98. The van der Waals surface area contributed by atoms with Crippen LogP contribution in [0.1, 0.15) is 38.5 Å². The second-order valence-electron chi connectivity index (χ2n) is 7.28. The van der Waals surface area contributed by atoms with Crippen molar-refractivity contribution < 1.29 is 14.7 Å². The van der Waals surface area contributed by atoms with Gasteiger partial charge in [0.15, 0.2) is 0 Å². The van der Waals surface area contributed by atoms with E-state index in [1.165, 1.54) is 0 Å². The molecular formula is C16H24N2O3. The number of nitrogens with zero attached hydrogens (tertiary/aromatic N) is 2. The smallest absolute Gasteiger partial charge is 0.245 e.